The van der Waals surface area contributed by atoms with Crippen molar-refractivity contribution in [1.82, 2.24) is 29.7 Å². The van der Waals surface area contributed by atoms with Gasteiger partial charge >= 0.3 is 0 Å². The van der Waals surface area contributed by atoms with Gasteiger partial charge in [0.2, 0.25) is 0 Å². The van der Waals surface area contributed by atoms with E-state index in [0.29, 0.717) is 12.2 Å². The lowest BCUT2D eigenvalue weighted by Crippen LogP contribution is -2.32. The third-order valence-electron chi connectivity index (χ3n) is 7.44. The largest absolute Gasteiger partial charge is 0.384 e. The lowest BCUT2D eigenvalue weighted by Gasteiger charge is -2.26. The number of aryl methyl sites for hydroxylation is 1. The molecular formula is C30H39N7O. The molecule has 4 aromatic rings. The summed E-state index contributed by atoms with van der Waals surface area (Å²) in [4.78, 5) is 26.7. The lowest BCUT2D eigenvalue weighted by molar-refractivity contribution is 0.0943. The Morgan fingerprint density at radius 3 is 2.71 bits per heavy atom. The highest BCUT2D eigenvalue weighted by Crippen LogP contribution is 2.30. The van der Waals surface area contributed by atoms with Gasteiger partial charge in [-0.3, -0.25) is 9.78 Å². The van der Waals surface area contributed by atoms with E-state index < -0.39 is 0 Å². The molecule has 1 amide bonds. The van der Waals surface area contributed by atoms with Crippen LogP contribution in [0.3, 0.4) is 0 Å². The molecule has 1 saturated heterocycles. The molecule has 1 fully saturated rings. The summed E-state index contributed by atoms with van der Waals surface area (Å²) in [6.07, 6.45) is 8.81. The Labute approximate surface area is 225 Å². The molecule has 0 bridgehead atoms. The quantitative estimate of drug-likeness (QED) is 0.307. The maximum atomic E-state index is 12.8. The van der Waals surface area contributed by atoms with Crippen molar-refractivity contribution in [1.29, 1.82) is 0 Å². The third kappa shape index (κ3) is 5.97. The Hall–Kier alpha value is -3.49. The van der Waals surface area contributed by atoms with Gasteiger partial charge in [0.1, 0.15) is 5.69 Å². The number of aromatic nitrogens is 3. The lowest BCUT2D eigenvalue weighted by atomic mass is 10.1. The Morgan fingerprint density at radius 1 is 1.05 bits per heavy atom. The van der Waals surface area contributed by atoms with Gasteiger partial charge in [0.25, 0.3) is 5.91 Å². The van der Waals surface area contributed by atoms with Crippen LogP contribution in [-0.4, -0.2) is 83.6 Å². The summed E-state index contributed by atoms with van der Waals surface area (Å²) in [6.45, 7) is 5.92. The van der Waals surface area contributed by atoms with Crippen LogP contribution < -0.4 is 10.6 Å². The van der Waals surface area contributed by atoms with Crippen LogP contribution in [0, 0.1) is 0 Å². The van der Waals surface area contributed by atoms with Gasteiger partial charge in [-0.1, -0.05) is 12.5 Å². The zero-order chi connectivity index (χ0) is 26.5. The minimum atomic E-state index is -0.0560. The number of likely N-dealkylation sites (N-methyl/N-ethyl adjacent to an activating group) is 1. The normalized spacial score (nSPS) is 14.4. The second-order valence-corrected chi connectivity index (χ2v) is 10.6. The van der Waals surface area contributed by atoms with Crippen molar-refractivity contribution >= 4 is 33.4 Å². The number of pyridine rings is 2. The molecule has 2 N–H and O–H groups in total. The second kappa shape index (κ2) is 11.9. The Bertz CT molecular complexity index is 1400. The topological polar surface area (TPSA) is 78.3 Å². The van der Waals surface area contributed by atoms with Crippen molar-refractivity contribution in [2.24, 2.45) is 7.05 Å². The Morgan fingerprint density at radius 2 is 1.89 bits per heavy atom. The van der Waals surface area contributed by atoms with Gasteiger partial charge in [0.15, 0.2) is 0 Å². The molecule has 1 aliphatic heterocycles. The fraction of sp³-hybridized carbons (Fsp3) is 0.433. The van der Waals surface area contributed by atoms with Gasteiger partial charge < -0.3 is 25.0 Å². The molecular weight excluding hydrogens is 474 g/mol. The van der Waals surface area contributed by atoms with E-state index in [1.54, 1.807) is 6.20 Å². The highest BCUT2D eigenvalue weighted by atomic mass is 16.1. The average molecular weight is 514 g/mol. The van der Waals surface area contributed by atoms with Crippen molar-refractivity contribution < 1.29 is 4.79 Å². The summed E-state index contributed by atoms with van der Waals surface area (Å²) in [5.74, 6) is -0.0560. The van der Waals surface area contributed by atoms with Crippen LogP contribution in [0.5, 0.6) is 0 Å². The number of nitrogens with one attached hydrogen (secondary N) is 2. The van der Waals surface area contributed by atoms with Crippen LogP contribution in [0.15, 0.2) is 48.8 Å². The number of carbonyl (C=O) groups excluding carboxylic acids is 1. The van der Waals surface area contributed by atoms with Crippen molar-refractivity contribution in [2.75, 3.05) is 58.7 Å². The van der Waals surface area contributed by atoms with Gasteiger partial charge in [-0.05, 0) is 83.3 Å². The van der Waals surface area contributed by atoms with E-state index in [4.69, 9.17) is 4.98 Å². The first-order chi connectivity index (χ1) is 18.5. The number of nitrogens with zero attached hydrogens (tertiary/aromatic N) is 5. The molecule has 8 heteroatoms. The highest BCUT2D eigenvalue weighted by Gasteiger charge is 2.15. The molecule has 0 saturated carbocycles. The van der Waals surface area contributed by atoms with E-state index in [9.17, 15) is 4.79 Å². The van der Waals surface area contributed by atoms with Crippen molar-refractivity contribution in [3.05, 3.63) is 54.5 Å². The molecule has 200 valence electrons. The molecule has 5 rings (SSSR count). The molecule has 0 radical (unpaired) electrons. The van der Waals surface area contributed by atoms with Gasteiger partial charge in [-0.15, -0.1) is 0 Å². The van der Waals surface area contributed by atoms with Crippen molar-refractivity contribution in [3.8, 4) is 11.3 Å². The summed E-state index contributed by atoms with van der Waals surface area (Å²) in [7, 11) is 5.94. The first-order valence-corrected chi connectivity index (χ1v) is 13.7. The fourth-order valence-corrected chi connectivity index (χ4v) is 5.28. The molecule has 4 heterocycles. The van der Waals surface area contributed by atoms with Crippen LogP contribution in [-0.2, 0) is 7.05 Å². The molecule has 8 nitrogen and oxygen atoms in total. The maximum absolute atomic E-state index is 12.8. The van der Waals surface area contributed by atoms with Crippen molar-refractivity contribution in [3.63, 3.8) is 0 Å². The van der Waals surface area contributed by atoms with E-state index in [0.717, 1.165) is 64.8 Å². The van der Waals surface area contributed by atoms with Gasteiger partial charge in [0.05, 0.1) is 11.2 Å². The first-order valence-electron chi connectivity index (χ1n) is 13.7. The van der Waals surface area contributed by atoms with Gasteiger partial charge in [-0.25, -0.2) is 4.98 Å². The first kappa shape index (κ1) is 26.1. The summed E-state index contributed by atoms with van der Waals surface area (Å²) < 4.78 is 1.96. The number of rotatable bonds is 10. The second-order valence-electron chi connectivity index (χ2n) is 10.6. The summed E-state index contributed by atoms with van der Waals surface area (Å²) >= 11 is 0. The van der Waals surface area contributed by atoms with Crippen LogP contribution in [0.4, 0.5) is 5.69 Å². The van der Waals surface area contributed by atoms with Crippen molar-refractivity contribution in [2.45, 2.75) is 25.7 Å². The van der Waals surface area contributed by atoms with E-state index in [1.165, 1.54) is 32.4 Å². The molecule has 38 heavy (non-hydrogen) atoms. The Kier molecular flexibility index (Phi) is 8.20. The molecule has 0 atom stereocenters. The molecule has 3 aromatic heterocycles. The van der Waals surface area contributed by atoms with E-state index >= 15 is 0 Å². The van der Waals surface area contributed by atoms with E-state index in [-0.39, 0.29) is 5.91 Å². The number of anilines is 1. The number of carbonyl (C=O) groups is 1. The van der Waals surface area contributed by atoms with Gasteiger partial charge in [0, 0.05) is 66.6 Å². The smallest absolute Gasteiger partial charge is 0.267 e. The summed E-state index contributed by atoms with van der Waals surface area (Å²) in [5.41, 5.74) is 5.59. The number of hydrogen-bond acceptors (Lipinski definition) is 6. The number of fused-ring (bicyclic) bond motifs is 2. The predicted molar refractivity (Wildman–Crippen MR) is 156 cm³/mol. The van der Waals surface area contributed by atoms with Gasteiger partial charge in [-0.2, -0.15) is 0 Å². The summed E-state index contributed by atoms with van der Waals surface area (Å²) in [5, 5.41) is 8.74. The zero-order valence-electron chi connectivity index (χ0n) is 22.8. The monoisotopic (exact) mass is 513 g/mol. The molecule has 1 aromatic carbocycles. The minimum Gasteiger partial charge on any atom is -0.384 e. The average Bonchev–Trinajstić information content (AvgIpc) is 3.27. The molecule has 1 aliphatic rings. The molecule has 0 unspecified atom stereocenters. The SMILES string of the molecule is CN(C)CCNC(=O)c1cc2cc(-c3cc(NCCCN4CCCCC4)c4cnccc4n3)ccc2n1C. The zero-order valence-corrected chi connectivity index (χ0v) is 22.8. The third-order valence-corrected chi connectivity index (χ3v) is 7.44. The van der Waals surface area contributed by atoms with Crippen LogP contribution >= 0.6 is 0 Å². The van der Waals surface area contributed by atoms with Crippen LogP contribution in [0.25, 0.3) is 33.1 Å². The number of likely N-dealkylation sites (tertiary alicyclic amines) is 1. The number of benzene rings is 1. The van der Waals surface area contributed by atoms with Crippen LogP contribution in [0.1, 0.15) is 36.2 Å². The van der Waals surface area contributed by atoms with E-state index in [2.05, 4.69) is 49.7 Å². The summed E-state index contributed by atoms with van der Waals surface area (Å²) in [6, 6.07) is 12.4. The fourth-order valence-electron chi connectivity index (χ4n) is 5.28. The standard InChI is InChI=1S/C30H39N7O/c1-35(2)17-13-33-30(38)29-19-23-18-22(8-9-28(23)36(29)3)26-20-27(24-21-31-12-10-25(24)34-26)32-11-7-16-37-14-5-4-6-15-37/h8-10,12,18-21H,4-7,11,13-17H2,1-3H3,(H,32,34)(H,33,38). The number of piperidine rings is 1. The Balaban J connectivity index is 1.36. The van der Waals surface area contributed by atoms with Crippen LogP contribution in [0.2, 0.25) is 0 Å². The maximum Gasteiger partial charge on any atom is 0.267 e. The predicted octanol–water partition coefficient (Wildman–Crippen LogP) is 4.37. The number of hydrogen-bond donors (Lipinski definition) is 2. The molecule has 0 spiro atoms. The van der Waals surface area contributed by atoms with E-state index in [1.807, 2.05) is 44.0 Å². The molecule has 0 aliphatic carbocycles. The number of amides is 1. The highest BCUT2D eigenvalue weighted by molar-refractivity contribution is 6.00. The minimum absolute atomic E-state index is 0.0560.